The average Bonchev–Trinajstić information content (AvgIpc) is 2.13. The first kappa shape index (κ1) is 13.4. The summed E-state index contributed by atoms with van der Waals surface area (Å²) in [7, 11) is 3.15. The van der Waals surface area contributed by atoms with Gasteiger partial charge in [-0.25, -0.2) is 0 Å². The molecule has 0 saturated heterocycles. The van der Waals surface area contributed by atoms with Crippen LogP contribution in [-0.2, 0) is 0 Å². The molecule has 13 heavy (non-hydrogen) atoms. The maximum atomic E-state index is 2.57. The summed E-state index contributed by atoms with van der Waals surface area (Å²) in [5.41, 5.74) is 0. The summed E-state index contributed by atoms with van der Waals surface area (Å²) in [5, 5.41) is 0. The SMILES string of the molecule is CC[Si](C)(CC)CC[SiH](C)N(C)C. The Labute approximate surface area is 87.2 Å². The van der Waals surface area contributed by atoms with E-state index in [1.54, 1.807) is 6.04 Å². The van der Waals surface area contributed by atoms with E-state index < -0.39 is 17.0 Å². The second-order valence-corrected chi connectivity index (χ2v) is 13.7. The molecule has 0 radical (unpaired) electrons. The van der Waals surface area contributed by atoms with E-state index >= 15 is 0 Å². The zero-order valence-electron chi connectivity index (χ0n) is 10.4. The Kier molecular flexibility index (Phi) is 6.17. The molecule has 0 rings (SSSR count). The highest BCUT2D eigenvalue weighted by molar-refractivity contribution is 6.79. The van der Waals surface area contributed by atoms with Crippen LogP contribution in [-0.4, -0.2) is 35.7 Å². The quantitative estimate of drug-likeness (QED) is 0.618. The van der Waals surface area contributed by atoms with Crippen LogP contribution in [0.2, 0.25) is 37.3 Å². The minimum atomic E-state index is -0.798. The molecule has 0 aromatic rings. The predicted molar refractivity (Wildman–Crippen MR) is 68.9 cm³/mol. The van der Waals surface area contributed by atoms with Crippen LogP contribution in [0.15, 0.2) is 0 Å². The van der Waals surface area contributed by atoms with Gasteiger partial charge in [0.1, 0.15) is 8.96 Å². The fourth-order valence-electron chi connectivity index (χ4n) is 1.42. The van der Waals surface area contributed by atoms with Crippen molar-refractivity contribution in [1.29, 1.82) is 0 Å². The third-order valence-electron chi connectivity index (χ3n) is 3.75. The highest BCUT2D eigenvalue weighted by atomic mass is 28.3. The van der Waals surface area contributed by atoms with Crippen molar-refractivity contribution < 1.29 is 0 Å². The minimum absolute atomic E-state index is 0.535. The van der Waals surface area contributed by atoms with Gasteiger partial charge in [0.25, 0.3) is 0 Å². The van der Waals surface area contributed by atoms with Gasteiger partial charge in [-0.3, -0.25) is 0 Å². The van der Waals surface area contributed by atoms with Gasteiger partial charge in [-0.05, 0) is 20.1 Å². The maximum Gasteiger partial charge on any atom is 0.107 e. The summed E-state index contributed by atoms with van der Waals surface area (Å²) < 4.78 is 2.47. The molecule has 0 saturated carbocycles. The van der Waals surface area contributed by atoms with Gasteiger partial charge < -0.3 is 4.57 Å². The van der Waals surface area contributed by atoms with Gasteiger partial charge in [-0.15, -0.1) is 0 Å². The molecular formula is C10H27NSi2. The van der Waals surface area contributed by atoms with Gasteiger partial charge in [-0.1, -0.05) is 45.1 Å². The van der Waals surface area contributed by atoms with Crippen LogP contribution in [0, 0.1) is 0 Å². The van der Waals surface area contributed by atoms with Crippen molar-refractivity contribution in [2.24, 2.45) is 0 Å². The number of hydrogen-bond donors (Lipinski definition) is 0. The van der Waals surface area contributed by atoms with Crippen LogP contribution in [0.5, 0.6) is 0 Å². The summed E-state index contributed by atoms with van der Waals surface area (Å²) in [5.74, 6) is 0. The van der Waals surface area contributed by atoms with E-state index in [0.29, 0.717) is 0 Å². The van der Waals surface area contributed by atoms with Crippen LogP contribution in [0.1, 0.15) is 13.8 Å². The van der Waals surface area contributed by atoms with Gasteiger partial charge in [0.05, 0.1) is 0 Å². The smallest absolute Gasteiger partial charge is 0.107 e. The van der Waals surface area contributed by atoms with Crippen molar-refractivity contribution in [3.63, 3.8) is 0 Å². The first-order chi connectivity index (χ1) is 5.95. The van der Waals surface area contributed by atoms with E-state index in [2.05, 4.69) is 45.6 Å². The second kappa shape index (κ2) is 5.99. The molecule has 1 unspecified atom stereocenters. The van der Waals surface area contributed by atoms with Gasteiger partial charge in [0, 0.05) is 8.07 Å². The molecular weight excluding hydrogens is 190 g/mol. The van der Waals surface area contributed by atoms with E-state index in [1.165, 1.54) is 18.1 Å². The summed E-state index contributed by atoms with van der Waals surface area (Å²) in [4.78, 5) is 0. The summed E-state index contributed by atoms with van der Waals surface area (Å²) in [6.45, 7) is 9.82. The fourth-order valence-corrected chi connectivity index (χ4v) is 7.60. The van der Waals surface area contributed by atoms with Crippen LogP contribution in [0.3, 0.4) is 0 Å². The van der Waals surface area contributed by atoms with Crippen molar-refractivity contribution in [3.05, 3.63) is 0 Å². The third-order valence-corrected chi connectivity index (χ3v) is 12.1. The Morgan fingerprint density at radius 2 is 1.62 bits per heavy atom. The largest absolute Gasteiger partial charge is 0.332 e. The molecule has 80 valence electrons. The van der Waals surface area contributed by atoms with E-state index in [1.807, 2.05) is 0 Å². The van der Waals surface area contributed by atoms with Gasteiger partial charge in [0.2, 0.25) is 0 Å². The normalized spacial score (nSPS) is 15.0. The van der Waals surface area contributed by atoms with E-state index in [0.717, 1.165) is 0 Å². The van der Waals surface area contributed by atoms with Crippen molar-refractivity contribution in [3.8, 4) is 0 Å². The molecule has 1 atom stereocenters. The molecule has 0 N–H and O–H groups in total. The Hall–Kier alpha value is 0.394. The Morgan fingerprint density at radius 1 is 1.15 bits per heavy atom. The number of rotatable bonds is 6. The lowest BCUT2D eigenvalue weighted by Gasteiger charge is -2.27. The van der Waals surface area contributed by atoms with Crippen LogP contribution >= 0.6 is 0 Å². The van der Waals surface area contributed by atoms with Crippen LogP contribution < -0.4 is 0 Å². The molecule has 0 amide bonds. The molecule has 0 aliphatic heterocycles. The molecule has 0 fully saturated rings. The maximum absolute atomic E-state index is 2.57. The first-order valence-corrected chi connectivity index (χ1v) is 11.2. The Morgan fingerprint density at radius 3 is 1.92 bits per heavy atom. The first-order valence-electron chi connectivity index (χ1n) is 5.61. The van der Waals surface area contributed by atoms with Gasteiger partial charge in [-0.2, -0.15) is 0 Å². The Balaban J connectivity index is 3.85. The molecule has 3 heteroatoms. The topological polar surface area (TPSA) is 3.24 Å². The van der Waals surface area contributed by atoms with E-state index in [4.69, 9.17) is 0 Å². The lowest BCUT2D eigenvalue weighted by molar-refractivity contribution is 0.640. The monoisotopic (exact) mass is 217 g/mol. The molecule has 0 aliphatic carbocycles. The number of hydrogen-bond acceptors (Lipinski definition) is 1. The molecule has 0 heterocycles. The van der Waals surface area contributed by atoms with Crippen molar-refractivity contribution >= 4 is 17.0 Å². The lowest BCUT2D eigenvalue weighted by atomic mass is 10.9. The van der Waals surface area contributed by atoms with Crippen molar-refractivity contribution in [2.45, 2.75) is 51.1 Å². The predicted octanol–water partition coefficient (Wildman–Crippen LogP) is 3.02. The minimum Gasteiger partial charge on any atom is -0.332 e. The molecule has 0 aromatic carbocycles. The van der Waals surface area contributed by atoms with E-state index in [-0.39, 0.29) is 0 Å². The molecule has 0 aliphatic rings. The highest BCUT2D eigenvalue weighted by Gasteiger charge is 2.23. The third kappa shape index (κ3) is 4.98. The standard InChI is InChI=1S/C10H27NSi2/c1-7-13(6,8-2)10-9-12(5)11(3)4/h12H,7-10H2,1-6H3. The molecule has 1 nitrogen and oxygen atoms in total. The average molecular weight is 218 g/mol. The van der Waals surface area contributed by atoms with Crippen molar-refractivity contribution in [1.82, 2.24) is 4.57 Å². The van der Waals surface area contributed by atoms with Crippen LogP contribution in [0.25, 0.3) is 0 Å². The van der Waals surface area contributed by atoms with Gasteiger partial charge >= 0.3 is 0 Å². The van der Waals surface area contributed by atoms with Crippen molar-refractivity contribution in [2.75, 3.05) is 14.1 Å². The van der Waals surface area contributed by atoms with E-state index in [9.17, 15) is 0 Å². The molecule has 0 aromatic heterocycles. The van der Waals surface area contributed by atoms with Gasteiger partial charge in [0.15, 0.2) is 0 Å². The summed E-state index contributed by atoms with van der Waals surface area (Å²) in [6, 6.07) is 6.03. The molecule has 0 bridgehead atoms. The summed E-state index contributed by atoms with van der Waals surface area (Å²) in [6.07, 6.45) is 0. The second-order valence-electron chi connectivity index (χ2n) is 4.87. The summed E-state index contributed by atoms with van der Waals surface area (Å²) >= 11 is 0. The Bertz CT molecular complexity index is 133. The zero-order valence-corrected chi connectivity index (χ0v) is 12.5. The fraction of sp³-hybridized carbons (Fsp3) is 1.00. The number of nitrogens with zero attached hydrogens (tertiary/aromatic N) is 1. The lowest BCUT2D eigenvalue weighted by Crippen LogP contribution is -2.34. The highest BCUT2D eigenvalue weighted by Crippen LogP contribution is 2.23. The zero-order chi connectivity index (χ0) is 10.5. The van der Waals surface area contributed by atoms with Crippen LogP contribution in [0.4, 0.5) is 0 Å². The molecule has 0 spiro atoms.